The van der Waals surface area contributed by atoms with E-state index in [9.17, 15) is 8.42 Å². The lowest BCUT2D eigenvalue weighted by atomic mass is 10.2. The van der Waals surface area contributed by atoms with Crippen LogP contribution >= 0.6 is 0 Å². The summed E-state index contributed by atoms with van der Waals surface area (Å²) in [6.45, 7) is 8.00. The lowest BCUT2D eigenvalue weighted by Crippen LogP contribution is -1.98. The average Bonchev–Trinajstić information content (AvgIpc) is 2.41. The Morgan fingerprint density at radius 1 is 0.944 bits per heavy atom. The van der Waals surface area contributed by atoms with Gasteiger partial charge in [-0.05, 0) is 12.1 Å². The molecule has 0 fully saturated rings. The van der Waals surface area contributed by atoms with E-state index in [2.05, 4.69) is 4.98 Å². The largest absolute Gasteiger partial charge is 0.255 e. The summed E-state index contributed by atoms with van der Waals surface area (Å²) in [6, 6.07) is 8.77. The molecule has 1 aromatic heterocycles. The molecule has 0 unspecified atom stereocenters. The molecule has 0 aliphatic carbocycles. The van der Waals surface area contributed by atoms with Crippen molar-refractivity contribution < 1.29 is 8.42 Å². The molecule has 0 amide bonds. The molecule has 0 saturated carbocycles. The zero-order valence-electron chi connectivity index (χ0n) is 11.6. The predicted molar refractivity (Wildman–Crippen MR) is 77.5 cm³/mol. The van der Waals surface area contributed by atoms with Gasteiger partial charge in [0.25, 0.3) is 0 Å². The van der Waals surface area contributed by atoms with Crippen LogP contribution in [0, 0.1) is 0 Å². The smallest absolute Gasteiger partial charge is 0.177 e. The lowest BCUT2D eigenvalue weighted by Gasteiger charge is -2.02. The Morgan fingerprint density at radius 3 is 2.06 bits per heavy atom. The Kier molecular flexibility index (Phi) is 7.20. The summed E-state index contributed by atoms with van der Waals surface area (Å²) in [7, 11) is -3.19. The van der Waals surface area contributed by atoms with E-state index >= 15 is 0 Å². The molecule has 18 heavy (non-hydrogen) atoms. The molecule has 1 heterocycles. The first kappa shape index (κ1) is 16.6. The zero-order chi connectivity index (χ0) is 14.2. The standard InChI is InChI=1S/C10H9NO2S.2C2H6/c1-14(12,13)9-6-2-4-8-5-3-7-11-10(8)9;2*1-2/h2-7H,1H3;2*1-2H3. The van der Waals surface area contributed by atoms with Crippen LogP contribution in [0.15, 0.2) is 41.4 Å². The number of rotatable bonds is 1. The number of sulfone groups is 1. The van der Waals surface area contributed by atoms with Gasteiger partial charge in [-0.1, -0.05) is 45.9 Å². The number of para-hydroxylation sites is 1. The minimum atomic E-state index is -3.19. The van der Waals surface area contributed by atoms with Gasteiger partial charge in [0, 0.05) is 17.8 Å². The van der Waals surface area contributed by atoms with Gasteiger partial charge in [-0.25, -0.2) is 8.42 Å². The zero-order valence-corrected chi connectivity index (χ0v) is 12.5. The monoisotopic (exact) mass is 267 g/mol. The normalized spacial score (nSPS) is 9.83. The van der Waals surface area contributed by atoms with Crippen LogP contribution in [-0.2, 0) is 9.84 Å². The molecule has 0 saturated heterocycles. The van der Waals surface area contributed by atoms with Crippen LogP contribution in [0.25, 0.3) is 10.9 Å². The Morgan fingerprint density at radius 2 is 1.50 bits per heavy atom. The van der Waals surface area contributed by atoms with E-state index < -0.39 is 9.84 Å². The summed E-state index contributed by atoms with van der Waals surface area (Å²) in [5, 5.41) is 0.843. The van der Waals surface area contributed by atoms with Crippen molar-refractivity contribution in [3.8, 4) is 0 Å². The van der Waals surface area contributed by atoms with Gasteiger partial charge >= 0.3 is 0 Å². The molecule has 0 N–H and O–H groups in total. The molecule has 0 bridgehead atoms. The number of nitrogens with zero attached hydrogens (tertiary/aromatic N) is 1. The summed E-state index contributed by atoms with van der Waals surface area (Å²) in [4.78, 5) is 4.36. The molecule has 2 rings (SSSR count). The van der Waals surface area contributed by atoms with Crippen LogP contribution in [0.3, 0.4) is 0 Å². The second-order valence-electron chi connectivity index (χ2n) is 3.10. The fourth-order valence-electron chi connectivity index (χ4n) is 1.38. The van der Waals surface area contributed by atoms with Crippen molar-refractivity contribution in [3.63, 3.8) is 0 Å². The topological polar surface area (TPSA) is 47.0 Å². The van der Waals surface area contributed by atoms with E-state index in [4.69, 9.17) is 0 Å². The van der Waals surface area contributed by atoms with Crippen LogP contribution in [0.5, 0.6) is 0 Å². The molecule has 1 aromatic carbocycles. The van der Waals surface area contributed by atoms with E-state index in [0.29, 0.717) is 5.52 Å². The number of pyridine rings is 1. The van der Waals surface area contributed by atoms with Gasteiger partial charge in [0.05, 0.1) is 10.4 Å². The molecule has 0 aliphatic heterocycles. The first-order chi connectivity index (χ1) is 8.59. The fourth-order valence-corrected chi connectivity index (χ4v) is 2.22. The minimum absolute atomic E-state index is 0.288. The van der Waals surface area contributed by atoms with Crippen molar-refractivity contribution in [3.05, 3.63) is 36.5 Å². The summed E-state index contributed by atoms with van der Waals surface area (Å²) >= 11 is 0. The first-order valence-corrected chi connectivity index (χ1v) is 8.02. The maximum Gasteiger partial charge on any atom is 0.177 e. The number of hydrogen-bond donors (Lipinski definition) is 0. The molecule has 0 aliphatic rings. The van der Waals surface area contributed by atoms with Gasteiger partial charge in [0.1, 0.15) is 0 Å². The van der Waals surface area contributed by atoms with E-state index in [0.717, 1.165) is 5.39 Å². The van der Waals surface area contributed by atoms with Crippen LogP contribution in [-0.4, -0.2) is 19.7 Å². The highest BCUT2D eigenvalue weighted by atomic mass is 32.2. The minimum Gasteiger partial charge on any atom is -0.255 e. The Bertz CT molecular complexity index is 572. The molecule has 4 heteroatoms. The fraction of sp³-hybridized carbons (Fsp3) is 0.357. The molecule has 100 valence electrons. The van der Waals surface area contributed by atoms with Gasteiger partial charge in [0.15, 0.2) is 9.84 Å². The van der Waals surface area contributed by atoms with Crippen LogP contribution < -0.4 is 0 Å². The van der Waals surface area contributed by atoms with Gasteiger partial charge in [-0.15, -0.1) is 0 Å². The van der Waals surface area contributed by atoms with Gasteiger partial charge in [-0.2, -0.15) is 0 Å². The van der Waals surface area contributed by atoms with E-state index in [1.165, 1.54) is 6.26 Å². The van der Waals surface area contributed by atoms with Crippen molar-refractivity contribution in [2.75, 3.05) is 6.26 Å². The average molecular weight is 267 g/mol. The van der Waals surface area contributed by atoms with E-state index in [1.807, 2.05) is 39.8 Å². The Labute approximate surface area is 110 Å². The molecule has 0 spiro atoms. The molecular weight excluding hydrogens is 246 g/mol. The molecule has 0 radical (unpaired) electrons. The first-order valence-electron chi connectivity index (χ1n) is 6.13. The third kappa shape index (κ3) is 4.11. The van der Waals surface area contributed by atoms with Crippen molar-refractivity contribution in [1.82, 2.24) is 4.98 Å². The number of aromatic nitrogens is 1. The van der Waals surface area contributed by atoms with Crippen LogP contribution in [0.1, 0.15) is 27.7 Å². The summed E-state index contributed by atoms with van der Waals surface area (Å²) in [6.07, 6.45) is 2.79. The maximum absolute atomic E-state index is 11.4. The summed E-state index contributed by atoms with van der Waals surface area (Å²) < 4.78 is 22.8. The van der Waals surface area contributed by atoms with E-state index in [1.54, 1.807) is 24.4 Å². The number of benzene rings is 1. The van der Waals surface area contributed by atoms with Crippen LogP contribution in [0.4, 0.5) is 0 Å². The second-order valence-corrected chi connectivity index (χ2v) is 5.09. The van der Waals surface area contributed by atoms with Gasteiger partial charge < -0.3 is 0 Å². The Hall–Kier alpha value is -1.42. The van der Waals surface area contributed by atoms with Crippen molar-refractivity contribution >= 4 is 20.7 Å². The van der Waals surface area contributed by atoms with Crippen LogP contribution in [0.2, 0.25) is 0 Å². The molecular formula is C14H21NO2S. The highest BCUT2D eigenvalue weighted by Gasteiger charge is 2.11. The third-order valence-corrected chi connectivity index (χ3v) is 3.12. The quantitative estimate of drug-likeness (QED) is 0.791. The predicted octanol–water partition coefficient (Wildman–Crippen LogP) is 3.69. The lowest BCUT2D eigenvalue weighted by molar-refractivity contribution is 0.602. The number of fused-ring (bicyclic) bond motifs is 1. The SMILES string of the molecule is CC.CC.CS(=O)(=O)c1cccc2cccnc12. The Balaban J connectivity index is 0.000000659. The summed E-state index contributed by atoms with van der Waals surface area (Å²) in [5.41, 5.74) is 0.539. The summed E-state index contributed by atoms with van der Waals surface area (Å²) in [5.74, 6) is 0. The maximum atomic E-state index is 11.4. The van der Waals surface area contributed by atoms with E-state index in [-0.39, 0.29) is 4.90 Å². The highest BCUT2D eigenvalue weighted by molar-refractivity contribution is 7.91. The second kappa shape index (κ2) is 7.82. The van der Waals surface area contributed by atoms with Crippen molar-refractivity contribution in [2.24, 2.45) is 0 Å². The van der Waals surface area contributed by atoms with Gasteiger partial charge in [-0.3, -0.25) is 4.98 Å². The molecule has 0 atom stereocenters. The van der Waals surface area contributed by atoms with Crippen molar-refractivity contribution in [1.29, 1.82) is 0 Å². The molecule has 2 aromatic rings. The van der Waals surface area contributed by atoms with Crippen molar-refractivity contribution in [2.45, 2.75) is 32.6 Å². The number of hydrogen-bond acceptors (Lipinski definition) is 3. The van der Waals surface area contributed by atoms with Gasteiger partial charge in [0.2, 0.25) is 0 Å². The third-order valence-electron chi connectivity index (χ3n) is 2.00. The molecule has 3 nitrogen and oxygen atoms in total. The highest BCUT2D eigenvalue weighted by Crippen LogP contribution is 2.19.